The number of carbonyl (C=O) groups is 1. The molecule has 1 aromatic heterocycles. The summed E-state index contributed by atoms with van der Waals surface area (Å²) in [6.07, 6.45) is 7.11. The van der Waals surface area contributed by atoms with Gasteiger partial charge in [-0.25, -0.2) is 4.98 Å². The zero-order valence-corrected chi connectivity index (χ0v) is 18.6. The van der Waals surface area contributed by atoms with E-state index in [1.807, 2.05) is 31.4 Å². The van der Waals surface area contributed by atoms with Gasteiger partial charge < -0.3 is 19.3 Å². The van der Waals surface area contributed by atoms with Crippen LogP contribution in [0.4, 0.5) is 0 Å². The molecule has 2 fully saturated rings. The van der Waals surface area contributed by atoms with Crippen molar-refractivity contribution >= 4 is 5.91 Å². The maximum Gasteiger partial charge on any atom is 0.236 e. The second kappa shape index (κ2) is 8.90. The van der Waals surface area contributed by atoms with Gasteiger partial charge in [0.1, 0.15) is 5.82 Å². The van der Waals surface area contributed by atoms with Crippen LogP contribution in [0.3, 0.4) is 0 Å². The number of fused-ring (bicyclic) bond motifs is 1. The summed E-state index contributed by atoms with van der Waals surface area (Å²) < 4.78 is 2.11. The molecule has 2 aliphatic heterocycles. The van der Waals surface area contributed by atoms with Crippen molar-refractivity contribution in [3.63, 3.8) is 0 Å². The third kappa shape index (κ3) is 4.60. The van der Waals surface area contributed by atoms with E-state index in [4.69, 9.17) is 0 Å². The second-order valence-electron chi connectivity index (χ2n) is 9.50. The molecule has 6 heteroatoms. The lowest BCUT2D eigenvalue weighted by atomic mass is 9.76. The van der Waals surface area contributed by atoms with Crippen LogP contribution in [0.15, 0.2) is 42.7 Å². The molecule has 2 aliphatic rings. The minimum absolute atomic E-state index is 0.208. The predicted octanol–water partition coefficient (Wildman–Crippen LogP) is 1.92. The van der Waals surface area contributed by atoms with Gasteiger partial charge >= 0.3 is 0 Å². The molecule has 0 N–H and O–H groups in total. The van der Waals surface area contributed by atoms with Crippen molar-refractivity contribution in [1.82, 2.24) is 24.3 Å². The number of aromatic nitrogens is 2. The molecule has 4 rings (SSSR count). The van der Waals surface area contributed by atoms with Gasteiger partial charge in [0.05, 0.1) is 6.54 Å². The summed E-state index contributed by atoms with van der Waals surface area (Å²) in [5, 5.41) is 0. The fourth-order valence-electron chi connectivity index (χ4n) is 5.31. The van der Waals surface area contributed by atoms with E-state index in [0.29, 0.717) is 12.5 Å². The van der Waals surface area contributed by atoms with Crippen molar-refractivity contribution in [2.45, 2.75) is 19.3 Å². The number of hydrogen-bond acceptors (Lipinski definition) is 4. The molecular formula is C24H35N5O. The van der Waals surface area contributed by atoms with E-state index in [-0.39, 0.29) is 11.3 Å². The quantitative estimate of drug-likeness (QED) is 0.668. The van der Waals surface area contributed by atoms with Crippen molar-refractivity contribution in [3.05, 3.63) is 54.1 Å². The first-order valence-corrected chi connectivity index (χ1v) is 11.1. The van der Waals surface area contributed by atoms with Gasteiger partial charge in [-0.1, -0.05) is 30.3 Å². The summed E-state index contributed by atoms with van der Waals surface area (Å²) in [6.45, 7) is 5.52. The van der Waals surface area contributed by atoms with Crippen LogP contribution in [0.2, 0.25) is 0 Å². The largest absolute Gasteiger partial charge is 0.341 e. The van der Waals surface area contributed by atoms with Crippen molar-refractivity contribution in [2.24, 2.45) is 18.4 Å². The van der Waals surface area contributed by atoms with Gasteiger partial charge in [0, 0.05) is 64.0 Å². The number of nitrogens with zero attached hydrogens (tertiary/aromatic N) is 5. The molecule has 1 aromatic carbocycles. The standard InChI is InChI=1S/C24H35N5O/c1-26(2)17-23(30)29-16-21-15-28(13-10-22-25-12-14-27(22)3)18-24(21,19-29)11-9-20-7-5-4-6-8-20/h4-8,12,14,21H,9-11,13,15-19H2,1-3H3/t21-,24+/m0/s1. The Bertz CT molecular complexity index is 848. The molecule has 6 nitrogen and oxygen atoms in total. The molecule has 0 radical (unpaired) electrons. The highest BCUT2D eigenvalue weighted by Crippen LogP contribution is 2.45. The van der Waals surface area contributed by atoms with Crippen LogP contribution in [0.25, 0.3) is 0 Å². The number of hydrogen-bond donors (Lipinski definition) is 0. The molecule has 30 heavy (non-hydrogen) atoms. The van der Waals surface area contributed by atoms with Gasteiger partial charge in [0.25, 0.3) is 0 Å². The summed E-state index contributed by atoms with van der Waals surface area (Å²) >= 11 is 0. The molecule has 162 valence electrons. The zero-order valence-electron chi connectivity index (χ0n) is 18.6. The Balaban J connectivity index is 1.43. The maximum absolute atomic E-state index is 12.8. The number of likely N-dealkylation sites (N-methyl/N-ethyl adjacent to an activating group) is 1. The minimum Gasteiger partial charge on any atom is -0.341 e. The maximum atomic E-state index is 12.8. The smallest absolute Gasteiger partial charge is 0.236 e. The lowest BCUT2D eigenvalue weighted by molar-refractivity contribution is -0.131. The van der Waals surface area contributed by atoms with Crippen molar-refractivity contribution in [1.29, 1.82) is 0 Å². The summed E-state index contributed by atoms with van der Waals surface area (Å²) in [5.41, 5.74) is 1.61. The molecule has 2 atom stereocenters. The zero-order chi connectivity index (χ0) is 21.1. The molecule has 0 spiro atoms. The van der Waals surface area contributed by atoms with Gasteiger partial charge in [0.15, 0.2) is 0 Å². The highest BCUT2D eigenvalue weighted by Gasteiger charge is 2.52. The summed E-state index contributed by atoms with van der Waals surface area (Å²) in [7, 11) is 6.01. The van der Waals surface area contributed by atoms with E-state index in [1.54, 1.807) is 0 Å². The monoisotopic (exact) mass is 409 g/mol. The van der Waals surface area contributed by atoms with Crippen LogP contribution in [0.1, 0.15) is 17.8 Å². The number of rotatable bonds is 8. The van der Waals surface area contributed by atoms with Gasteiger partial charge in [-0.15, -0.1) is 0 Å². The third-order valence-electron chi connectivity index (χ3n) is 6.96. The molecular weight excluding hydrogens is 374 g/mol. The van der Waals surface area contributed by atoms with Crippen LogP contribution in [0, 0.1) is 11.3 Å². The Morgan fingerprint density at radius 3 is 2.67 bits per heavy atom. The molecule has 3 heterocycles. The number of aryl methyl sites for hydroxylation is 2. The highest BCUT2D eigenvalue weighted by molar-refractivity contribution is 5.78. The average molecular weight is 410 g/mol. The first-order chi connectivity index (χ1) is 14.4. The van der Waals surface area contributed by atoms with Crippen molar-refractivity contribution in [3.8, 4) is 0 Å². The van der Waals surface area contributed by atoms with Crippen LogP contribution < -0.4 is 0 Å². The van der Waals surface area contributed by atoms with Crippen LogP contribution >= 0.6 is 0 Å². The molecule has 2 saturated heterocycles. The summed E-state index contributed by atoms with van der Waals surface area (Å²) in [6, 6.07) is 10.8. The second-order valence-corrected chi connectivity index (χ2v) is 9.50. The average Bonchev–Trinajstić information content (AvgIpc) is 3.37. The number of imidazole rings is 1. The number of carbonyl (C=O) groups excluding carboxylic acids is 1. The van der Waals surface area contributed by atoms with E-state index >= 15 is 0 Å². The highest BCUT2D eigenvalue weighted by atomic mass is 16.2. The number of amides is 1. The Morgan fingerprint density at radius 2 is 1.97 bits per heavy atom. The van der Waals surface area contributed by atoms with E-state index in [0.717, 1.165) is 57.8 Å². The molecule has 1 amide bonds. The fourth-order valence-corrected chi connectivity index (χ4v) is 5.31. The molecule has 0 aliphatic carbocycles. The third-order valence-corrected chi connectivity index (χ3v) is 6.96. The van der Waals surface area contributed by atoms with Gasteiger partial charge in [-0.2, -0.15) is 0 Å². The Morgan fingerprint density at radius 1 is 1.17 bits per heavy atom. The van der Waals surface area contributed by atoms with E-state index in [1.165, 1.54) is 5.56 Å². The molecule has 0 bridgehead atoms. The molecule has 0 saturated carbocycles. The van der Waals surface area contributed by atoms with Gasteiger partial charge in [0.2, 0.25) is 5.91 Å². The van der Waals surface area contributed by atoms with Crippen LogP contribution in [-0.2, 0) is 24.7 Å². The van der Waals surface area contributed by atoms with E-state index in [2.05, 4.69) is 56.7 Å². The fraction of sp³-hybridized carbons (Fsp3) is 0.583. The summed E-state index contributed by atoms with van der Waals surface area (Å²) in [5.74, 6) is 1.98. The van der Waals surface area contributed by atoms with Crippen molar-refractivity contribution in [2.75, 3.05) is 53.4 Å². The number of likely N-dealkylation sites (tertiary alicyclic amines) is 2. The van der Waals surface area contributed by atoms with Gasteiger partial charge in [-0.05, 0) is 38.4 Å². The first kappa shape index (κ1) is 21.1. The lowest BCUT2D eigenvalue weighted by Gasteiger charge is -2.30. The first-order valence-electron chi connectivity index (χ1n) is 11.1. The SMILES string of the molecule is CN(C)CC(=O)N1C[C@@H]2CN(CCc3nccn3C)C[C@]2(CCc2ccccc2)C1. The number of benzene rings is 1. The Hall–Kier alpha value is -2.18. The van der Waals surface area contributed by atoms with Gasteiger partial charge in [-0.3, -0.25) is 4.79 Å². The van der Waals surface area contributed by atoms with E-state index in [9.17, 15) is 4.79 Å². The topological polar surface area (TPSA) is 44.6 Å². The molecule has 2 aromatic rings. The molecule has 0 unspecified atom stereocenters. The summed E-state index contributed by atoms with van der Waals surface area (Å²) in [4.78, 5) is 24.0. The normalized spacial score (nSPS) is 24.0. The Labute approximate surface area is 180 Å². The van der Waals surface area contributed by atoms with Crippen molar-refractivity contribution < 1.29 is 4.79 Å². The Kier molecular flexibility index (Phi) is 6.25. The van der Waals surface area contributed by atoms with Crippen LogP contribution in [0.5, 0.6) is 0 Å². The van der Waals surface area contributed by atoms with Crippen LogP contribution in [-0.4, -0.2) is 83.5 Å². The minimum atomic E-state index is 0.208. The van der Waals surface area contributed by atoms with E-state index < -0.39 is 0 Å². The lowest BCUT2D eigenvalue weighted by Crippen LogP contribution is -2.40. The predicted molar refractivity (Wildman–Crippen MR) is 119 cm³/mol.